The van der Waals surface area contributed by atoms with Crippen LogP contribution in [0.4, 0.5) is 0 Å². The Morgan fingerprint density at radius 1 is 0.846 bits per heavy atom. The minimum atomic E-state index is 0.805. The lowest BCUT2D eigenvalue weighted by molar-refractivity contribution is 0.555. The van der Waals surface area contributed by atoms with Crippen LogP contribution in [0.3, 0.4) is 0 Å². The first-order chi connectivity index (χ1) is 6.47. The van der Waals surface area contributed by atoms with E-state index in [-0.39, 0.29) is 0 Å². The SMILES string of the molecule is C1#C[C@H]2C[C@@H]2CCCCCCCC1. The minimum Gasteiger partial charge on any atom is -0.103 e. The van der Waals surface area contributed by atoms with Crippen molar-refractivity contribution in [3.8, 4) is 11.8 Å². The van der Waals surface area contributed by atoms with Crippen LogP contribution >= 0.6 is 0 Å². The van der Waals surface area contributed by atoms with Crippen LogP contribution in [0.25, 0.3) is 0 Å². The molecule has 1 fully saturated rings. The summed E-state index contributed by atoms with van der Waals surface area (Å²) >= 11 is 0. The van der Waals surface area contributed by atoms with Crippen molar-refractivity contribution < 1.29 is 0 Å². The molecule has 0 aromatic rings. The van der Waals surface area contributed by atoms with Crippen LogP contribution in [0.15, 0.2) is 0 Å². The van der Waals surface area contributed by atoms with Crippen LogP contribution in [-0.4, -0.2) is 0 Å². The Kier molecular flexibility index (Phi) is 3.30. The fourth-order valence-corrected chi connectivity index (χ4v) is 2.27. The monoisotopic (exact) mass is 176 g/mol. The Morgan fingerprint density at radius 3 is 2.54 bits per heavy atom. The molecule has 0 heteroatoms. The van der Waals surface area contributed by atoms with Crippen LogP contribution in [0.2, 0.25) is 0 Å². The molecule has 0 spiro atoms. The average molecular weight is 176 g/mol. The van der Waals surface area contributed by atoms with Gasteiger partial charge in [0, 0.05) is 12.3 Å². The zero-order valence-electron chi connectivity index (χ0n) is 8.52. The van der Waals surface area contributed by atoms with E-state index in [9.17, 15) is 0 Å². The first kappa shape index (κ1) is 9.13. The number of fused-ring (bicyclic) bond motifs is 1. The Balaban J connectivity index is 1.78. The van der Waals surface area contributed by atoms with Gasteiger partial charge in [0.15, 0.2) is 0 Å². The van der Waals surface area contributed by atoms with Gasteiger partial charge in [-0.25, -0.2) is 0 Å². The Morgan fingerprint density at radius 2 is 1.62 bits per heavy atom. The van der Waals surface area contributed by atoms with Gasteiger partial charge >= 0.3 is 0 Å². The van der Waals surface area contributed by atoms with E-state index in [0.29, 0.717) is 0 Å². The molecular formula is C13H20. The van der Waals surface area contributed by atoms with Crippen molar-refractivity contribution in [3.63, 3.8) is 0 Å². The van der Waals surface area contributed by atoms with Crippen molar-refractivity contribution in [1.82, 2.24) is 0 Å². The maximum absolute atomic E-state index is 3.42. The molecule has 1 saturated carbocycles. The molecular weight excluding hydrogens is 156 g/mol. The molecule has 2 atom stereocenters. The van der Waals surface area contributed by atoms with Crippen LogP contribution in [0, 0.1) is 23.7 Å². The molecule has 0 radical (unpaired) electrons. The molecule has 0 bridgehead atoms. The Bertz CT molecular complexity index is 206. The summed E-state index contributed by atoms with van der Waals surface area (Å²) in [6, 6.07) is 0. The van der Waals surface area contributed by atoms with Crippen molar-refractivity contribution in [2.75, 3.05) is 0 Å². The van der Waals surface area contributed by atoms with E-state index < -0.39 is 0 Å². The van der Waals surface area contributed by atoms with Gasteiger partial charge in [-0.1, -0.05) is 38.0 Å². The summed E-state index contributed by atoms with van der Waals surface area (Å²) in [5, 5.41) is 0. The molecule has 0 saturated heterocycles. The van der Waals surface area contributed by atoms with Crippen molar-refractivity contribution in [3.05, 3.63) is 0 Å². The molecule has 72 valence electrons. The predicted octanol–water partition coefficient (Wildman–Crippen LogP) is 3.76. The maximum Gasteiger partial charge on any atom is 0.0234 e. The zero-order chi connectivity index (χ0) is 8.93. The highest BCUT2D eigenvalue weighted by atomic mass is 14.4. The summed E-state index contributed by atoms with van der Waals surface area (Å²) < 4.78 is 0. The maximum atomic E-state index is 3.42. The fraction of sp³-hybridized carbons (Fsp3) is 0.846. The quantitative estimate of drug-likeness (QED) is 0.493. The van der Waals surface area contributed by atoms with Crippen LogP contribution < -0.4 is 0 Å². The lowest BCUT2D eigenvalue weighted by Gasteiger charge is -2.01. The second-order valence-corrected chi connectivity index (χ2v) is 4.58. The average Bonchev–Trinajstić information content (AvgIpc) is 2.83. The third-order valence-electron chi connectivity index (χ3n) is 3.34. The predicted molar refractivity (Wildman–Crippen MR) is 56.3 cm³/mol. The first-order valence-corrected chi connectivity index (χ1v) is 5.95. The van der Waals surface area contributed by atoms with E-state index in [1.807, 2.05) is 0 Å². The number of rotatable bonds is 0. The summed E-state index contributed by atoms with van der Waals surface area (Å²) in [5.74, 6) is 8.57. The van der Waals surface area contributed by atoms with Crippen molar-refractivity contribution in [1.29, 1.82) is 0 Å². The van der Waals surface area contributed by atoms with Gasteiger partial charge in [-0.15, -0.1) is 5.92 Å². The third-order valence-corrected chi connectivity index (χ3v) is 3.34. The molecule has 2 rings (SSSR count). The second-order valence-electron chi connectivity index (χ2n) is 4.58. The highest BCUT2D eigenvalue weighted by Gasteiger charge is 2.34. The summed E-state index contributed by atoms with van der Waals surface area (Å²) in [6.07, 6.45) is 12.6. The van der Waals surface area contributed by atoms with Crippen molar-refractivity contribution >= 4 is 0 Å². The van der Waals surface area contributed by atoms with Crippen LogP contribution in [-0.2, 0) is 0 Å². The number of hydrogen-bond acceptors (Lipinski definition) is 0. The van der Waals surface area contributed by atoms with Gasteiger partial charge in [0.05, 0.1) is 0 Å². The molecule has 0 aromatic heterocycles. The van der Waals surface area contributed by atoms with Gasteiger partial charge in [-0.05, 0) is 25.2 Å². The van der Waals surface area contributed by atoms with E-state index in [1.54, 1.807) is 0 Å². The van der Waals surface area contributed by atoms with E-state index in [2.05, 4.69) is 11.8 Å². The van der Waals surface area contributed by atoms with Crippen molar-refractivity contribution in [2.24, 2.45) is 11.8 Å². The molecule has 0 unspecified atom stereocenters. The van der Waals surface area contributed by atoms with E-state index in [4.69, 9.17) is 0 Å². The van der Waals surface area contributed by atoms with E-state index >= 15 is 0 Å². The smallest absolute Gasteiger partial charge is 0.0234 e. The number of hydrogen-bond donors (Lipinski definition) is 0. The Hall–Kier alpha value is -0.440. The second kappa shape index (κ2) is 4.70. The normalized spacial score (nSPS) is 34.5. The van der Waals surface area contributed by atoms with Gasteiger partial charge in [-0.2, -0.15) is 0 Å². The molecule has 0 aromatic carbocycles. The summed E-state index contributed by atoms with van der Waals surface area (Å²) in [5.41, 5.74) is 0. The summed E-state index contributed by atoms with van der Waals surface area (Å²) in [4.78, 5) is 0. The van der Waals surface area contributed by atoms with Gasteiger partial charge in [0.1, 0.15) is 0 Å². The Labute approximate surface area is 82.1 Å². The van der Waals surface area contributed by atoms with Gasteiger partial charge < -0.3 is 0 Å². The topological polar surface area (TPSA) is 0 Å². The molecule has 0 aliphatic heterocycles. The standard InChI is InChI=1S/C13H20/c1-2-4-6-8-10-13-11-12(13)9-7-5-3-1/h12-13H,1-7,9,11H2/t12-,13-/m0/s1. The largest absolute Gasteiger partial charge is 0.103 e. The summed E-state index contributed by atoms with van der Waals surface area (Å²) in [7, 11) is 0. The van der Waals surface area contributed by atoms with Crippen LogP contribution in [0.1, 0.15) is 57.8 Å². The molecule has 0 nitrogen and oxygen atoms in total. The lowest BCUT2D eigenvalue weighted by Crippen LogP contribution is -1.85. The zero-order valence-corrected chi connectivity index (χ0v) is 8.52. The molecule has 2 aliphatic carbocycles. The van der Waals surface area contributed by atoms with Crippen molar-refractivity contribution in [2.45, 2.75) is 57.8 Å². The minimum absolute atomic E-state index is 0.805. The van der Waals surface area contributed by atoms with Gasteiger partial charge in [-0.3, -0.25) is 0 Å². The van der Waals surface area contributed by atoms with E-state index in [0.717, 1.165) is 18.3 Å². The molecule has 0 N–H and O–H groups in total. The molecule has 2 aliphatic rings. The van der Waals surface area contributed by atoms with Crippen LogP contribution in [0.5, 0.6) is 0 Å². The first-order valence-electron chi connectivity index (χ1n) is 5.95. The fourth-order valence-electron chi connectivity index (χ4n) is 2.27. The lowest BCUT2D eigenvalue weighted by atomic mass is 10.0. The molecule has 13 heavy (non-hydrogen) atoms. The summed E-state index contributed by atoms with van der Waals surface area (Å²) in [6.45, 7) is 0. The highest BCUT2D eigenvalue weighted by Crippen LogP contribution is 2.41. The van der Waals surface area contributed by atoms with Gasteiger partial charge in [0.2, 0.25) is 0 Å². The van der Waals surface area contributed by atoms with Gasteiger partial charge in [0.25, 0.3) is 0 Å². The molecule has 0 amide bonds. The highest BCUT2D eigenvalue weighted by molar-refractivity contribution is 5.12. The molecule has 0 heterocycles. The van der Waals surface area contributed by atoms with E-state index in [1.165, 1.54) is 51.4 Å². The third kappa shape index (κ3) is 3.07.